The summed E-state index contributed by atoms with van der Waals surface area (Å²) in [5, 5.41) is 0. The lowest BCUT2D eigenvalue weighted by Gasteiger charge is -2.36. The number of aromatic nitrogens is 1. The highest BCUT2D eigenvalue weighted by Gasteiger charge is 2.24. The fourth-order valence-electron chi connectivity index (χ4n) is 2.94. The number of benzene rings is 1. The zero-order chi connectivity index (χ0) is 15.7. The van der Waals surface area contributed by atoms with Crippen LogP contribution in [0.4, 0.5) is 10.1 Å². The first kappa shape index (κ1) is 14.6. The molecule has 0 spiro atoms. The minimum atomic E-state index is -0.226. The number of carbonyl (C=O) groups excluding carboxylic acids is 1. The minimum Gasteiger partial charge on any atom is -0.368 e. The van der Waals surface area contributed by atoms with Crippen molar-refractivity contribution in [3.63, 3.8) is 0 Å². The molecule has 5 heteroatoms. The van der Waals surface area contributed by atoms with Crippen molar-refractivity contribution >= 4 is 11.6 Å². The average molecular weight is 301 g/mol. The van der Waals surface area contributed by atoms with Crippen molar-refractivity contribution in [1.82, 2.24) is 9.88 Å². The highest BCUT2D eigenvalue weighted by Crippen LogP contribution is 2.19. The summed E-state index contributed by atoms with van der Waals surface area (Å²) < 4.78 is 13.0. The largest absolute Gasteiger partial charge is 0.368 e. The van der Waals surface area contributed by atoms with Crippen molar-refractivity contribution in [2.45, 2.75) is 13.8 Å². The topological polar surface area (TPSA) is 39.3 Å². The molecule has 0 bridgehead atoms. The summed E-state index contributed by atoms with van der Waals surface area (Å²) >= 11 is 0. The lowest BCUT2D eigenvalue weighted by Crippen LogP contribution is -2.48. The van der Waals surface area contributed by atoms with Crippen molar-refractivity contribution in [2.75, 3.05) is 31.1 Å². The number of hydrogen-bond donors (Lipinski definition) is 1. The molecule has 116 valence electrons. The maximum absolute atomic E-state index is 13.0. The van der Waals surface area contributed by atoms with Crippen LogP contribution in [0.1, 0.15) is 21.7 Å². The summed E-state index contributed by atoms with van der Waals surface area (Å²) in [4.78, 5) is 19.8. The first-order valence-corrected chi connectivity index (χ1v) is 7.50. The van der Waals surface area contributed by atoms with Crippen LogP contribution >= 0.6 is 0 Å². The molecule has 1 aromatic carbocycles. The van der Waals surface area contributed by atoms with E-state index in [9.17, 15) is 9.18 Å². The number of amides is 1. The summed E-state index contributed by atoms with van der Waals surface area (Å²) in [7, 11) is 0. The van der Waals surface area contributed by atoms with E-state index in [1.807, 2.05) is 24.8 Å². The zero-order valence-corrected chi connectivity index (χ0v) is 12.9. The van der Waals surface area contributed by atoms with E-state index in [0.29, 0.717) is 13.1 Å². The standard InChI is InChI=1S/C17H20FN3O/c1-12-11-16(13(2)19-12)17(22)21-9-7-20(8-10-21)15-5-3-14(18)4-6-15/h3-6,11,19H,7-10H2,1-2H3. The molecule has 1 N–H and O–H groups in total. The number of hydrogen-bond acceptors (Lipinski definition) is 2. The summed E-state index contributed by atoms with van der Waals surface area (Å²) in [6.45, 7) is 6.77. The van der Waals surface area contributed by atoms with Gasteiger partial charge in [0.15, 0.2) is 0 Å². The SMILES string of the molecule is Cc1cc(C(=O)N2CCN(c3ccc(F)cc3)CC2)c(C)[nH]1. The molecule has 0 saturated carbocycles. The van der Waals surface area contributed by atoms with Gasteiger partial charge in [-0.15, -0.1) is 0 Å². The summed E-state index contributed by atoms with van der Waals surface area (Å²) in [6.07, 6.45) is 0. The van der Waals surface area contributed by atoms with Gasteiger partial charge in [-0.3, -0.25) is 4.79 Å². The Balaban J connectivity index is 1.65. The fraction of sp³-hybridized carbons (Fsp3) is 0.353. The Hall–Kier alpha value is -2.30. The van der Waals surface area contributed by atoms with E-state index >= 15 is 0 Å². The number of rotatable bonds is 2. The molecule has 1 amide bonds. The molecule has 4 nitrogen and oxygen atoms in total. The maximum atomic E-state index is 13.0. The maximum Gasteiger partial charge on any atom is 0.255 e. The number of piperazine rings is 1. The second-order valence-corrected chi connectivity index (χ2v) is 5.75. The van der Waals surface area contributed by atoms with Crippen molar-refractivity contribution in [3.8, 4) is 0 Å². The molecule has 0 atom stereocenters. The molecule has 0 aliphatic carbocycles. The predicted molar refractivity (Wildman–Crippen MR) is 84.8 cm³/mol. The molecular weight excluding hydrogens is 281 g/mol. The molecule has 1 saturated heterocycles. The van der Waals surface area contributed by atoms with Gasteiger partial charge in [-0.05, 0) is 44.2 Å². The third-order valence-electron chi connectivity index (χ3n) is 4.14. The van der Waals surface area contributed by atoms with Crippen LogP contribution < -0.4 is 4.90 Å². The minimum absolute atomic E-state index is 0.0839. The normalized spacial score (nSPS) is 15.2. The number of halogens is 1. The Kier molecular flexibility index (Phi) is 3.88. The van der Waals surface area contributed by atoms with Crippen LogP contribution in [0, 0.1) is 19.7 Å². The number of anilines is 1. The molecule has 3 rings (SSSR count). The van der Waals surface area contributed by atoms with E-state index in [4.69, 9.17) is 0 Å². The van der Waals surface area contributed by atoms with Crippen molar-refractivity contribution < 1.29 is 9.18 Å². The van der Waals surface area contributed by atoms with Gasteiger partial charge < -0.3 is 14.8 Å². The third kappa shape index (κ3) is 2.84. The second kappa shape index (κ2) is 5.83. The van der Waals surface area contributed by atoms with Gasteiger partial charge in [0.2, 0.25) is 0 Å². The van der Waals surface area contributed by atoms with Crippen LogP contribution in [0.5, 0.6) is 0 Å². The fourth-order valence-corrected chi connectivity index (χ4v) is 2.94. The third-order valence-corrected chi connectivity index (χ3v) is 4.14. The second-order valence-electron chi connectivity index (χ2n) is 5.75. The summed E-state index contributed by atoms with van der Waals surface area (Å²) in [6, 6.07) is 8.42. The van der Waals surface area contributed by atoms with Crippen LogP contribution in [0.15, 0.2) is 30.3 Å². The van der Waals surface area contributed by atoms with Gasteiger partial charge in [0.25, 0.3) is 5.91 Å². The number of H-pyrrole nitrogens is 1. The van der Waals surface area contributed by atoms with Gasteiger partial charge in [0.05, 0.1) is 5.56 Å². The van der Waals surface area contributed by atoms with E-state index in [1.54, 1.807) is 12.1 Å². The molecular formula is C17H20FN3O. The Morgan fingerprint density at radius 3 is 2.27 bits per heavy atom. The van der Waals surface area contributed by atoms with Gasteiger partial charge in [-0.1, -0.05) is 0 Å². The van der Waals surface area contributed by atoms with E-state index in [2.05, 4.69) is 9.88 Å². The van der Waals surface area contributed by atoms with Gasteiger partial charge in [-0.25, -0.2) is 4.39 Å². The van der Waals surface area contributed by atoms with Gasteiger partial charge in [-0.2, -0.15) is 0 Å². The Morgan fingerprint density at radius 2 is 1.73 bits per heavy atom. The molecule has 0 radical (unpaired) electrons. The highest BCUT2D eigenvalue weighted by molar-refractivity contribution is 5.95. The summed E-state index contributed by atoms with van der Waals surface area (Å²) in [5.41, 5.74) is 3.68. The highest BCUT2D eigenvalue weighted by atomic mass is 19.1. The number of aromatic amines is 1. The molecule has 1 aromatic heterocycles. The van der Waals surface area contributed by atoms with Crippen LogP contribution in [-0.2, 0) is 0 Å². The van der Waals surface area contributed by atoms with Crippen molar-refractivity contribution in [1.29, 1.82) is 0 Å². The molecule has 2 heterocycles. The van der Waals surface area contributed by atoms with E-state index in [-0.39, 0.29) is 11.7 Å². The average Bonchev–Trinajstić information content (AvgIpc) is 2.86. The Morgan fingerprint density at radius 1 is 1.09 bits per heavy atom. The van der Waals surface area contributed by atoms with Gasteiger partial charge in [0.1, 0.15) is 5.82 Å². The Bertz CT molecular complexity index is 670. The molecule has 1 aliphatic heterocycles. The van der Waals surface area contributed by atoms with Crippen molar-refractivity contribution in [3.05, 3.63) is 53.1 Å². The number of nitrogens with zero attached hydrogens (tertiary/aromatic N) is 2. The van der Waals surface area contributed by atoms with E-state index < -0.39 is 0 Å². The summed E-state index contributed by atoms with van der Waals surface area (Å²) in [5.74, 6) is -0.142. The quantitative estimate of drug-likeness (QED) is 0.926. The van der Waals surface area contributed by atoms with Gasteiger partial charge >= 0.3 is 0 Å². The zero-order valence-electron chi connectivity index (χ0n) is 12.9. The smallest absolute Gasteiger partial charge is 0.255 e. The molecule has 0 unspecified atom stereocenters. The Labute approximate surface area is 129 Å². The molecule has 2 aromatic rings. The number of aryl methyl sites for hydroxylation is 2. The van der Waals surface area contributed by atoms with Crippen LogP contribution in [0.25, 0.3) is 0 Å². The molecule has 1 aliphatic rings. The number of nitrogens with one attached hydrogen (secondary N) is 1. The first-order valence-electron chi connectivity index (χ1n) is 7.50. The van der Waals surface area contributed by atoms with E-state index in [1.165, 1.54) is 12.1 Å². The lowest BCUT2D eigenvalue weighted by molar-refractivity contribution is 0.0746. The van der Waals surface area contributed by atoms with E-state index in [0.717, 1.165) is 35.7 Å². The number of carbonyl (C=O) groups is 1. The monoisotopic (exact) mass is 301 g/mol. The van der Waals surface area contributed by atoms with Crippen LogP contribution in [-0.4, -0.2) is 42.0 Å². The lowest BCUT2D eigenvalue weighted by atomic mass is 10.2. The van der Waals surface area contributed by atoms with Gasteiger partial charge in [0, 0.05) is 43.3 Å². The molecule has 1 fully saturated rings. The predicted octanol–water partition coefficient (Wildman–Crippen LogP) is 2.73. The van der Waals surface area contributed by atoms with Crippen molar-refractivity contribution in [2.24, 2.45) is 0 Å². The molecule has 22 heavy (non-hydrogen) atoms. The van der Waals surface area contributed by atoms with Crippen LogP contribution in [0.3, 0.4) is 0 Å². The first-order chi connectivity index (χ1) is 10.5. The van der Waals surface area contributed by atoms with Crippen LogP contribution in [0.2, 0.25) is 0 Å².